The van der Waals surface area contributed by atoms with Crippen molar-refractivity contribution in [2.75, 3.05) is 7.11 Å². The molecule has 0 aromatic heterocycles. The zero-order chi connectivity index (χ0) is 9.71. The van der Waals surface area contributed by atoms with Crippen molar-refractivity contribution in [3.8, 4) is 0 Å². The van der Waals surface area contributed by atoms with Gasteiger partial charge in [-0.3, -0.25) is 9.11 Å². The van der Waals surface area contributed by atoms with Crippen molar-refractivity contribution < 1.29 is 22.3 Å². The fourth-order valence-electron chi connectivity index (χ4n) is 0. The first-order valence-electron chi connectivity index (χ1n) is 2.81. The van der Waals surface area contributed by atoms with E-state index in [2.05, 4.69) is 0 Å². The molecule has 0 unspecified atom stereocenters. The van der Waals surface area contributed by atoms with Gasteiger partial charge in [-0.05, 0) is 20.8 Å². The third-order valence-corrected chi connectivity index (χ3v) is 0.612. The molecule has 0 aliphatic carbocycles. The zero-order valence-electron chi connectivity index (χ0n) is 7.03. The van der Waals surface area contributed by atoms with Crippen LogP contribution >= 0.6 is 0 Å². The Hall–Kier alpha value is 0.830. The maximum atomic E-state index is 8.74. The first-order chi connectivity index (χ1) is 4.56. The molecule has 0 aliphatic heterocycles. The fraction of sp³-hybridized carbons (Fsp3) is 1.00. The molecule has 0 spiro atoms. The minimum absolute atomic E-state index is 0. The van der Waals surface area contributed by atoms with Gasteiger partial charge >= 0.3 is 40.0 Å². The summed E-state index contributed by atoms with van der Waals surface area (Å²) in [5, 5.41) is 0. The average molecular weight is 210 g/mol. The van der Waals surface area contributed by atoms with Gasteiger partial charge < -0.3 is 4.74 Å². The van der Waals surface area contributed by atoms with Crippen molar-refractivity contribution in [3.63, 3.8) is 0 Å². The summed E-state index contributed by atoms with van der Waals surface area (Å²) in [5.74, 6) is 0. The second-order valence-corrected chi connectivity index (χ2v) is 3.66. The first kappa shape index (κ1) is 18.6. The van der Waals surface area contributed by atoms with Crippen LogP contribution in [0.2, 0.25) is 0 Å². The van der Waals surface area contributed by atoms with Crippen LogP contribution in [0.15, 0.2) is 0 Å². The van der Waals surface area contributed by atoms with E-state index >= 15 is 0 Å². The van der Waals surface area contributed by atoms with Crippen LogP contribution in [-0.2, 0) is 15.1 Å². The summed E-state index contributed by atoms with van der Waals surface area (Å²) in [7, 11) is -2.96. The van der Waals surface area contributed by atoms with Crippen LogP contribution < -0.4 is 0 Å². The summed E-state index contributed by atoms with van der Waals surface area (Å²) in [6.45, 7) is 6.06. The normalized spacial score (nSPS) is 10.8. The maximum absolute atomic E-state index is 8.74. The van der Waals surface area contributed by atoms with Crippen molar-refractivity contribution >= 4 is 40.0 Å². The Bertz CT molecular complexity index is 173. The molecule has 0 amide bonds. The molecule has 0 fully saturated rings. The van der Waals surface area contributed by atoms with Crippen LogP contribution in [0.1, 0.15) is 20.8 Å². The fourth-order valence-corrected chi connectivity index (χ4v) is 0. The molecule has 0 aromatic carbocycles. The molecule has 0 rings (SSSR count). The molecule has 5 nitrogen and oxygen atoms in total. The van der Waals surface area contributed by atoms with Crippen LogP contribution in [-0.4, -0.2) is 59.8 Å². The molecule has 7 heteroatoms. The predicted octanol–water partition coefficient (Wildman–Crippen LogP) is 0.130. The first-order valence-corrected chi connectivity index (χ1v) is 4.21. The topological polar surface area (TPSA) is 83.8 Å². The van der Waals surface area contributed by atoms with Gasteiger partial charge in [0.05, 0.1) is 5.60 Å². The van der Waals surface area contributed by atoms with Crippen LogP contribution in [0.5, 0.6) is 0 Å². The van der Waals surface area contributed by atoms with Crippen LogP contribution in [0.4, 0.5) is 0 Å². The predicted molar refractivity (Wildman–Crippen MR) is 48.1 cm³/mol. The van der Waals surface area contributed by atoms with Crippen LogP contribution in [0, 0.1) is 0 Å². The van der Waals surface area contributed by atoms with Gasteiger partial charge in [-0.15, -0.1) is 0 Å². The van der Waals surface area contributed by atoms with Crippen molar-refractivity contribution in [3.05, 3.63) is 0 Å². The van der Waals surface area contributed by atoms with E-state index in [9.17, 15) is 0 Å². The summed E-state index contributed by atoms with van der Waals surface area (Å²) in [4.78, 5) is 0. The van der Waals surface area contributed by atoms with Gasteiger partial charge in [-0.2, -0.15) is 8.42 Å². The summed E-state index contributed by atoms with van der Waals surface area (Å²) < 4.78 is 36.5. The Morgan fingerprint density at radius 1 is 1.17 bits per heavy atom. The molecule has 0 atom stereocenters. The van der Waals surface area contributed by atoms with E-state index in [0.29, 0.717) is 0 Å². The van der Waals surface area contributed by atoms with E-state index in [1.165, 1.54) is 0 Å². The average Bonchev–Trinajstić information content (AvgIpc) is 1.59. The van der Waals surface area contributed by atoms with Crippen LogP contribution in [0.3, 0.4) is 0 Å². The Morgan fingerprint density at radius 3 is 1.25 bits per heavy atom. The molecule has 72 valence electrons. The Labute approximate surface area is 95.4 Å². The van der Waals surface area contributed by atoms with E-state index in [4.69, 9.17) is 22.3 Å². The quantitative estimate of drug-likeness (QED) is 0.438. The summed E-state index contributed by atoms with van der Waals surface area (Å²) in [5.41, 5.74) is 0.0417. The van der Waals surface area contributed by atoms with Gasteiger partial charge in [0, 0.05) is 7.11 Å². The summed E-state index contributed by atoms with van der Waals surface area (Å²) in [6.07, 6.45) is 0. The minimum atomic E-state index is -4.67. The molecule has 0 bridgehead atoms. The van der Waals surface area contributed by atoms with Gasteiger partial charge in [0.1, 0.15) is 0 Å². The number of hydrogen-bond acceptors (Lipinski definition) is 3. The molecule has 12 heavy (non-hydrogen) atoms. The molecule has 2 N–H and O–H groups in total. The molecule has 0 saturated heterocycles. The number of rotatable bonds is 0. The molecule has 0 radical (unpaired) electrons. The van der Waals surface area contributed by atoms with Crippen molar-refractivity contribution in [2.45, 2.75) is 26.4 Å². The monoisotopic (exact) mass is 210 g/mol. The van der Waals surface area contributed by atoms with E-state index in [1.807, 2.05) is 20.8 Å². The molecule has 0 saturated carbocycles. The number of methoxy groups -OCH3 is 1. The second-order valence-electron chi connectivity index (χ2n) is 2.76. The van der Waals surface area contributed by atoms with Gasteiger partial charge in [-0.25, -0.2) is 0 Å². The van der Waals surface area contributed by atoms with E-state index < -0.39 is 10.4 Å². The summed E-state index contributed by atoms with van der Waals surface area (Å²) in [6, 6.07) is 0. The van der Waals surface area contributed by atoms with Gasteiger partial charge in [0.2, 0.25) is 0 Å². The zero-order valence-corrected chi connectivity index (χ0v) is 7.84. The molecular formula is C5H15NaO5S. The van der Waals surface area contributed by atoms with E-state index in [0.717, 1.165) is 0 Å². The molecular weight excluding hydrogens is 195 g/mol. The molecule has 0 aliphatic rings. The van der Waals surface area contributed by atoms with Crippen molar-refractivity contribution in [2.24, 2.45) is 0 Å². The van der Waals surface area contributed by atoms with Crippen molar-refractivity contribution in [1.82, 2.24) is 0 Å². The van der Waals surface area contributed by atoms with Gasteiger partial charge in [0.25, 0.3) is 0 Å². The number of hydrogen-bond donors (Lipinski definition) is 2. The second kappa shape index (κ2) is 7.25. The Balaban J connectivity index is -0.000000126. The Morgan fingerprint density at radius 2 is 1.25 bits per heavy atom. The van der Waals surface area contributed by atoms with Gasteiger partial charge in [-0.1, -0.05) is 0 Å². The third kappa shape index (κ3) is 71.3. The standard InChI is InChI=1S/C5H12O.Na.H2O4S.H/c1-5(2,3)6-4;;1-5(2,3)4;/h1-4H3;;(H2,1,2,3,4);. The molecule has 0 aromatic rings. The van der Waals surface area contributed by atoms with Gasteiger partial charge in [0.15, 0.2) is 0 Å². The molecule has 0 heterocycles. The summed E-state index contributed by atoms with van der Waals surface area (Å²) >= 11 is 0. The van der Waals surface area contributed by atoms with Crippen molar-refractivity contribution in [1.29, 1.82) is 0 Å². The van der Waals surface area contributed by atoms with E-state index in [1.54, 1.807) is 7.11 Å². The SMILES string of the molecule is COC(C)(C)C.O=S(=O)(O)O.[NaH]. The van der Waals surface area contributed by atoms with E-state index in [-0.39, 0.29) is 35.2 Å². The number of ether oxygens (including phenoxy) is 1. The Kier molecular flexibility index (Phi) is 11.2. The van der Waals surface area contributed by atoms with Crippen LogP contribution in [0.25, 0.3) is 0 Å². The third-order valence-electron chi connectivity index (χ3n) is 0.612.